The van der Waals surface area contributed by atoms with E-state index in [1.165, 1.54) is 11.1 Å². The van der Waals surface area contributed by atoms with Crippen molar-refractivity contribution in [3.63, 3.8) is 0 Å². The predicted molar refractivity (Wildman–Crippen MR) is 137 cm³/mol. The van der Waals surface area contributed by atoms with E-state index in [1.54, 1.807) is 11.3 Å². The Kier molecular flexibility index (Phi) is 7.86. The number of aliphatic carboxylic acids is 1. The minimum Gasteiger partial charge on any atom is -0.489 e. The molecule has 34 heavy (non-hydrogen) atoms. The second-order valence-electron chi connectivity index (χ2n) is 8.90. The molecular weight excluding hydrogens is 470 g/mol. The summed E-state index contributed by atoms with van der Waals surface area (Å²) in [4.78, 5) is 13.5. The number of ether oxygens (including phenoxy) is 1. The lowest BCUT2D eigenvalue weighted by atomic mass is 9.97. The number of nitrogens with zero attached hydrogens (tertiary/aromatic N) is 3. The lowest BCUT2D eigenvalue weighted by Gasteiger charge is -2.17. The average molecular weight is 500 g/mol. The molecule has 1 fully saturated rings. The molecule has 0 radical (unpaired) electrons. The number of likely N-dealkylation sites (tertiary alicyclic amines) is 1. The van der Waals surface area contributed by atoms with Gasteiger partial charge in [0.25, 0.3) is 0 Å². The molecule has 180 valence electrons. The van der Waals surface area contributed by atoms with Crippen LogP contribution >= 0.6 is 22.9 Å². The zero-order chi connectivity index (χ0) is 24.2. The molecule has 0 saturated carbocycles. The molecule has 8 heteroatoms. The molecule has 0 bridgehead atoms. The maximum Gasteiger partial charge on any atom is 0.307 e. The molecule has 1 aliphatic rings. The third-order valence-corrected chi connectivity index (χ3v) is 7.44. The molecule has 1 atom stereocenters. The smallest absolute Gasteiger partial charge is 0.307 e. The zero-order valence-electron chi connectivity index (χ0n) is 19.8. The Morgan fingerprint density at radius 1 is 1.26 bits per heavy atom. The molecule has 2 aromatic carbocycles. The standard InChI is InChI=1S/C26H30ClN3O3S/c1-4-20-17(10-12-30-13-11-19(15-30)26(31)32)6-5-7-21(20)25-29-28-24(34-25)18-8-9-23(22(27)14-18)33-16(2)3/h5-9,14,16,19H,4,10-13,15H2,1-3H3,(H,31,32). The van der Waals surface area contributed by atoms with E-state index in [9.17, 15) is 9.90 Å². The highest BCUT2D eigenvalue weighted by molar-refractivity contribution is 7.17. The maximum atomic E-state index is 11.3. The van der Waals surface area contributed by atoms with E-state index in [2.05, 4.69) is 40.2 Å². The van der Waals surface area contributed by atoms with Crippen LogP contribution in [-0.2, 0) is 17.6 Å². The van der Waals surface area contributed by atoms with E-state index in [4.69, 9.17) is 16.3 Å². The summed E-state index contributed by atoms with van der Waals surface area (Å²) < 4.78 is 5.73. The molecular formula is C26H30ClN3O3S. The van der Waals surface area contributed by atoms with Crippen molar-refractivity contribution in [2.45, 2.75) is 46.1 Å². The van der Waals surface area contributed by atoms with Crippen LogP contribution in [0.1, 0.15) is 38.3 Å². The molecule has 0 amide bonds. The summed E-state index contributed by atoms with van der Waals surface area (Å²) in [5.74, 6) is -0.260. The van der Waals surface area contributed by atoms with E-state index in [0.717, 1.165) is 53.5 Å². The number of rotatable bonds is 9. The van der Waals surface area contributed by atoms with Crippen LogP contribution in [0.4, 0.5) is 0 Å². The minimum absolute atomic E-state index is 0.0558. The van der Waals surface area contributed by atoms with Crippen molar-refractivity contribution in [2.24, 2.45) is 5.92 Å². The molecule has 0 aliphatic carbocycles. The molecule has 1 saturated heterocycles. The van der Waals surface area contributed by atoms with Crippen molar-refractivity contribution in [3.8, 4) is 26.9 Å². The SMILES string of the molecule is CCc1c(CCN2CCC(C(=O)O)C2)cccc1-c1nnc(-c2ccc(OC(C)C)c(Cl)c2)s1. The Bertz CT molecular complexity index is 1160. The highest BCUT2D eigenvalue weighted by atomic mass is 35.5. The highest BCUT2D eigenvalue weighted by Gasteiger charge is 2.27. The van der Waals surface area contributed by atoms with Crippen molar-refractivity contribution in [3.05, 3.63) is 52.5 Å². The Morgan fingerprint density at radius 3 is 2.74 bits per heavy atom. The highest BCUT2D eigenvalue weighted by Crippen LogP contribution is 2.36. The van der Waals surface area contributed by atoms with Crippen molar-refractivity contribution >= 4 is 28.9 Å². The van der Waals surface area contributed by atoms with Gasteiger partial charge in [-0.05, 0) is 69.0 Å². The molecule has 6 nitrogen and oxygen atoms in total. The number of halogens is 1. The Balaban J connectivity index is 1.52. The van der Waals surface area contributed by atoms with Crippen LogP contribution in [0.2, 0.25) is 5.02 Å². The van der Waals surface area contributed by atoms with Gasteiger partial charge in [-0.2, -0.15) is 0 Å². The van der Waals surface area contributed by atoms with Crippen LogP contribution in [0.15, 0.2) is 36.4 Å². The van der Waals surface area contributed by atoms with Crippen LogP contribution in [-0.4, -0.2) is 51.9 Å². The van der Waals surface area contributed by atoms with Crippen molar-refractivity contribution in [2.75, 3.05) is 19.6 Å². The van der Waals surface area contributed by atoms with Crippen LogP contribution in [0.5, 0.6) is 5.75 Å². The third kappa shape index (κ3) is 5.59. The normalized spacial score (nSPS) is 16.3. The first kappa shape index (κ1) is 24.6. The molecule has 4 rings (SSSR count). The van der Waals surface area contributed by atoms with Crippen LogP contribution in [0.25, 0.3) is 21.1 Å². The molecule has 1 aromatic heterocycles. The summed E-state index contributed by atoms with van der Waals surface area (Å²) in [6.07, 6.45) is 2.58. The number of hydrogen-bond donors (Lipinski definition) is 1. The van der Waals surface area contributed by atoms with Gasteiger partial charge in [-0.15, -0.1) is 10.2 Å². The van der Waals surface area contributed by atoms with Gasteiger partial charge in [-0.1, -0.05) is 48.1 Å². The van der Waals surface area contributed by atoms with E-state index < -0.39 is 5.97 Å². The number of benzene rings is 2. The summed E-state index contributed by atoms with van der Waals surface area (Å²) in [6, 6.07) is 12.1. The first-order valence-corrected chi connectivity index (χ1v) is 12.9. The van der Waals surface area contributed by atoms with Gasteiger partial charge in [0.05, 0.1) is 17.0 Å². The molecule has 1 N–H and O–H groups in total. The zero-order valence-corrected chi connectivity index (χ0v) is 21.3. The minimum atomic E-state index is -0.686. The first-order valence-electron chi connectivity index (χ1n) is 11.7. The third-order valence-electron chi connectivity index (χ3n) is 6.14. The van der Waals surface area contributed by atoms with Gasteiger partial charge in [0, 0.05) is 24.2 Å². The fraction of sp³-hybridized carbons (Fsp3) is 0.423. The maximum absolute atomic E-state index is 11.3. The predicted octanol–water partition coefficient (Wildman–Crippen LogP) is 5.82. The van der Waals surface area contributed by atoms with Crippen LogP contribution in [0, 0.1) is 5.92 Å². The van der Waals surface area contributed by atoms with Crippen LogP contribution in [0.3, 0.4) is 0 Å². The fourth-order valence-corrected chi connectivity index (χ4v) is 5.55. The Morgan fingerprint density at radius 2 is 2.06 bits per heavy atom. The average Bonchev–Trinajstić information content (AvgIpc) is 3.48. The van der Waals surface area contributed by atoms with Crippen LogP contribution < -0.4 is 4.74 Å². The number of aromatic nitrogens is 2. The van der Waals surface area contributed by atoms with Crippen molar-refractivity contribution in [1.82, 2.24) is 15.1 Å². The van der Waals surface area contributed by atoms with Gasteiger partial charge in [0.2, 0.25) is 0 Å². The van der Waals surface area contributed by atoms with Gasteiger partial charge in [0.1, 0.15) is 15.8 Å². The summed E-state index contributed by atoms with van der Waals surface area (Å²) in [7, 11) is 0. The summed E-state index contributed by atoms with van der Waals surface area (Å²) in [5, 5.41) is 20.5. The number of carboxylic acid groups (broad SMARTS) is 1. The summed E-state index contributed by atoms with van der Waals surface area (Å²) in [6.45, 7) is 8.46. The largest absolute Gasteiger partial charge is 0.489 e. The van der Waals surface area contributed by atoms with Gasteiger partial charge in [-0.25, -0.2) is 0 Å². The number of carbonyl (C=O) groups is 1. The monoisotopic (exact) mass is 499 g/mol. The van der Waals surface area contributed by atoms with E-state index in [0.29, 0.717) is 17.3 Å². The van der Waals surface area contributed by atoms with Crippen molar-refractivity contribution < 1.29 is 14.6 Å². The van der Waals surface area contributed by atoms with E-state index >= 15 is 0 Å². The lowest BCUT2D eigenvalue weighted by molar-refractivity contribution is -0.141. The van der Waals surface area contributed by atoms with Crippen molar-refractivity contribution in [1.29, 1.82) is 0 Å². The topological polar surface area (TPSA) is 75.6 Å². The first-order chi connectivity index (χ1) is 16.4. The Labute approximate surface area is 209 Å². The van der Waals surface area contributed by atoms with E-state index in [-0.39, 0.29) is 12.0 Å². The molecule has 1 unspecified atom stereocenters. The van der Waals surface area contributed by atoms with Gasteiger partial charge in [0.15, 0.2) is 0 Å². The second kappa shape index (κ2) is 10.8. The Hall–Kier alpha value is -2.48. The van der Waals surface area contributed by atoms with Gasteiger partial charge < -0.3 is 14.7 Å². The van der Waals surface area contributed by atoms with Gasteiger partial charge >= 0.3 is 5.97 Å². The van der Waals surface area contributed by atoms with E-state index in [1.807, 2.05) is 32.0 Å². The number of hydrogen-bond acceptors (Lipinski definition) is 6. The number of carboxylic acids is 1. The summed E-state index contributed by atoms with van der Waals surface area (Å²) in [5.41, 5.74) is 4.59. The molecule has 1 aliphatic heterocycles. The molecule has 0 spiro atoms. The second-order valence-corrected chi connectivity index (χ2v) is 10.3. The molecule has 3 aromatic rings. The quantitative estimate of drug-likeness (QED) is 0.399. The fourth-order valence-electron chi connectivity index (χ4n) is 4.43. The van der Waals surface area contributed by atoms with Gasteiger partial charge in [-0.3, -0.25) is 4.79 Å². The lowest BCUT2D eigenvalue weighted by Crippen LogP contribution is -2.25. The summed E-state index contributed by atoms with van der Waals surface area (Å²) >= 11 is 7.98. The molecule has 2 heterocycles.